The van der Waals surface area contributed by atoms with Crippen LogP contribution in [0, 0.1) is 0 Å². The van der Waals surface area contributed by atoms with Crippen molar-refractivity contribution in [2.75, 3.05) is 26.9 Å². The van der Waals surface area contributed by atoms with Gasteiger partial charge in [-0.25, -0.2) is 0 Å². The second kappa shape index (κ2) is 8.24. The monoisotopic (exact) mass is 339 g/mol. The van der Waals surface area contributed by atoms with Gasteiger partial charge in [-0.2, -0.15) is 0 Å². The van der Waals surface area contributed by atoms with Crippen molar-refractivity contribution >= 4 is 12.0 Å². The first-order chi connectivity index (χ1) is 12.2. The van der Waals surface area contributed by atoms with Crippen LogP contribution in [0.2, 0.25) is 0 Å². The van der Waals surface area contributed by atoms with Gasteiger partial charge in [-0.05, 0) is 47.9 Å². The number of carbonyl (C=O) groups excluding carboxylic acids is 1. The Morgan fingerprint density at radius 1 is 1.16 bits per heavy atom. The van der Waals surface area contributed by atoms with Crippen LogP contribution in [0.5, 0.6) is 17.2 Å². The Bertz CT molecular complexity index is 770. The normalized spacial score (nSPS) is 12.8. The number of methoxy groups -OCH3 is 1. The summed E-state index contributed by atoms with van der Waals surface area (Å²) >= 11 is 0. The lowest BCUT2D eigenvalue weighted by Crippen LogP contribution is -2.23. The standard InChI is InChI=1S/C20H21NO4/c1-23-17-4-2-3-15(13-17)6-8-20(22)21-10-9-16-5-7-18-19(14-16)25-12-11-24-18/h2-8,13-14H,9-12H2,1H3,(H,21,22). The molecule has 1 aliphatic heterocycles. The lowest BCUT2D eigenvalue weighted by atomic mass is 10.1. The number of benzene rings is 2. The lowest BCUT2D eigenvalue weighted by Gasteiger charge is -2.18. The smallest absolute Gasteiger partial charge is 0.244 e. The van der Waals surface area contributed by atoms with Crippen molar-refractivity contribution in [1.29, 1.82) is 0 Å². The number of hydrogen-bond acceptors (Lipinski definition) is 4. The molecule has 5 heteroatoms. The van der Waals surface area contributed by atoms with Crippen LogP contribution < -0.4 is 19.5 Å². The summed E-state index contributed by atoms with van der Waals surface area (Å²) in [4.78, 5) is 11.9. The summed E-state index contributed by atoms with van der Waals surface area (Å²) in [5.74, 6) is 2.19. The summed E-state index contributed by atoms with van der Waals surface area (Å²) in [5.41, 5.74) is 2.02. The first-order valence-electron chi connectivity index (χ1n) is 8.23. The fraction of sp³-hybridized carbons (Fsp3) is 0.250. The van der Waals surface area contributed by atoms with Crippen molar-refractivity contribution in [1.82, 2.24) is 5.32 Å². The molecule has 1 heterocycles. The van der Waals surface area contributed by atoms with E-state index in [1.807, 2.05) is 42.5 Å². The van der Waals surface area contributed by atoms with Gasteiger partial charge in [0.1, 0.15) is 19.0 Å². The molecule has 5 nitrogen and oxygen atoms in total. The van der Waals surface area contributed by atoms with Crippen LogP contribution in [0.15, 0.2) is 48.5 Å². The van der Waals surface area contributed by atoms with E-state index in [1.165, 1.54) is 6.08 Å². The third-order valence-electron chi connectivity index (χ3n) is 3.84. The van der Waals surface area contributed by atoms with E-state index in [2.05, 4.69) is 5.32 Å². The molecule has 0 spiro atoms. The van der Waals surface area contributed by atoms with Gasteiger partial charge in [-0.15, -0.1) is 0 Å². The fourth-order valence-electron chi connectivity index (χ4n) is 2.55. The molecule has 2 aromatic rings. The van der Waals surface area contributed by atoms with Crippen LogP contribution in [0.25, 0.3) is 6.08 Å². The number of ether oxygens (including phenoxy) is 3. The molecule has 1 N–H and O–H groups in total. The minimum atomic E-state index is -0.125. The molecular formula is C20H21NO4. The van der Waals surface area contributed by atoms with Gasteiger partial charge in [0.2, 0.25) is 5.91 Å². The van der Waals surface area contributed by atoms with E-state index in [4.69, 9.17) is 14.2 Å². The molecule has 25 heavy (non-hydrogen) atoms. The third-order valence-corrected chi connectivity index (χ3v) is 3.84. The van der Waals surface area contributed by atoms with Crippen LogP contribution in [0.3, 0.4) is 0 Å². The molecule has 0 atom stereocenters. The van der Waals surface area contributed by atoms with Crippen molar-refractivity contribution in [3.8, 4) is 17.2 Å². The quantitative estimate of drug-likeness (QED) is 0.822. The van der Waals surface area contributed by atoms with Crippen molar-refractivity contribution in [3.63, 3.8) is 0 Å². The zero-order valence-electron chi connectivity index (χ0n) is 14.2. The molecule has 1 aliphatic rings. The summed E-state index contributed by atoms with van der Waals surface area (Å²) in [6.07, 6.45) is 4.02. The van der Waals surface area contributed by atoms with Crippen LogP contribution in [-0.4, -0.2) is 32.8 Å². The summed E-state index contributed by atoms with van der Waals surface area (Å²) < 4.78 is 16.2. The molecule has 1 amide bonds. The molecule has 130 valence electrons. The molecule has 0 fully saturated rings. The molecule has 0 radical (unpaired) electrons. The molecule has 2 aromatic carbocycles. The van der Waals surface area contributed by atoms with Crippen LogP contribution >= 0.6 is 0 Å². The van der Waals surface area contributed by atoms with Gasteiger partial charge in [0.25, 0.3) is 0 Å². The summed E-state index contributed by atoms with van der Waals surface area (Å²) in [6, 6.07) is 13.4. The number of amides is 1. The maximum atomic E-state index is 11.9. The van der Waals surface area contributed by atoms with E-state index >= 15 is 0 Å². The van der Waals surface area contributed by atoms with Gasteiger partial charge in [-0.3, -0.25) is 4.79 Å². The van der Waals surface area contributed by atoms with Gasteiger partial charge in [0, 0.05) is 12.6 Å². The van der Waals surface area contributed by atoms with Crippen LogP contribution in [-0.2, 0) is 11.2 Å². The Hall–Kier alpha value is -2.95. The Morgan fingerprint density at radius 3 is 2.84 bits per heavy atom. The largest absolute Gasteiger partial charge is 0.497 e. The molecule has 3 rings (SSSR count). The van der Waals surface area contributed by atoms with Crippen molar-refractivity contribution in [2.24, 2.45) is 0 Å². The second-order valence-electron chi connectivity index (χ2n) is 5.63. The average molecular weight is 339 g/mol. The van der Waals surface area contributed by atoms with E-state index in [0.29, 0.717) is 19.8 Å². The van der Waals surface area contributed by atoms with Gasteiger partial charge in [0.05, 0.1) is 7.11 Å². The molecule has 0 aromatic heterocycles. The summed E-state index contributed by atoms with van der Waals surface area (Å²) in [5, 5.41) is 2.88. The predicted molar refractivity (Wildman–Crippen MR) is 96.2 cm³/mol. The van der Waals surface area contributed by atoms with E-state index in [-0.39, 0.29) is 5.91 Å². The topological polar surface area (TPSA) is 56.8 Å². The number of rotatable bonds is 6. The Kier molecular flexibility index (Phi) is 5.57. The minimum absolute atomic E-state index is 0.125. The van der Waals surface area contributed by atoms with Gasteiger partial charge in [-0.1, -0.05) is 18.2 Å². The molecule has 0 aliphatic carbocycles. The number of fused-ring (bicyclic) bond motifs is 1. The number of nitrogens with one attached hydrogen (secondary N) is 1. The first-order valence-corrected chi connectivity index (χ1v) is 8.23. The molecule has 0 saturated carbocycles. The van der Waals surface area contributed by atoms with E-state index in [0.717, 1.165) is 34.8 Å². The van der Waals surface area contributed by atoms with Crippen LogP contribution in [0.4, 0.5) is 0 Å². The number of hydrogen-bond donors (Lipinski definition) is 1. The second-order valence-corrected chi connectivity index (χ2v) is 5.63. The zero-order valence-corrected chi connectivity index (χ0v) is 14.2. The lowest BCUT2D eigenvalue weighted by molar-refractivity contribution is -0.116. The fourth-order valence-corrected chi connectivity index (χ4v) is 2.55. The molecule has 0 saturated heterocycles. The predicted octanol–water partition coefficient (Wildman–Crippen LogP) is 2.84. The van der Waals surface area contributed by atoms with E-state index in [9.17, 15) is 4.79 Å². The highest BCUT2D eigenvalue weighted by atomic mass is 16.6. The SMILES string of the molecule is COc1cccc(C=CC(=O)NCCc2ccc3c(c2)OCCO3)c1. The van der Waals surface area contributed by atoms with E-state index in [1.54, 1.807) is 13.2 Å². The summed E-state index contributed by atoms with van der Waals surface area (Å²) in [6.45, 7) is 1.71. The maximum Gasteiger partial charge on any atom is 0.244 e. The van der Waals surface area contributed by atoms with Crippen molar-refractivity contribution in [2.45, 2.75) is 6.42 Å². The van der Waals surface area contributed by atoms with Gasteiger partial charge >= 0.3 is 0 Å². The Morgan fingerprint density at radius 2 is 2.00 bits per heavy atom. The highest BCUT2D eigenvalue weighted by Crippen LogP contribution is 2.30. The average Bonchev–Trinajstić information content (AvgIpc) is 2.66. The molecule has 0 bridgehead atoms. The highest BCUT2D eigenvalue weighted by Gasteiger charge is 2.11. The highest BCUT2D eigenvalue weighted by molar-refractivity contribution is 5.91. The maximum absolute atomic E-state index is 11.9. The van der Waals surface area contributed by atoms with Crippen LogP contribution in [0.1, 0.15) is 11.1 Å². The Labute approximate surface area is 147 Å². The van der Waals surface area contributed by atoms with E-state index < -0.39 is 0 Å². The zero-order chi connectivity index (χ0) is 17.5. The molecule has 0 unspecified atom stereocenters. The minimum Gasteiger partial charge on any atom is -0.497 e. The Balaban J connectivity index is 1.48. The summed E-state index contributed by atoms with van der Waals surface area (Å²) in [7, 11) is 1.62. The third kappa shape index (κ3) is 4.76. The van der Waals surface area contributed by atoms with Gasteiger partial charge in [0.15, 0.2) is 11.5 Å². The number of carbonyl (C=O) groups is 1. The van der Waals surface area contributed by atoms with Gasteiger partial charge < -0.3 is 19.5 Å². The van der Waals surface area contributed by atoms with Crippen molar-refractivity contribution < 1.29 is 19.0 Å². The molecular weight excluding hydrogens is 318 g/mol. The first kappa shape index (κ1) is 16.9. The van der Waals surface area contributed by atoms with Crippen molar-refractivity contribution in [3.05, 3.63) is 59.7 Å².